The molecule has 0 radical (unpaired) electrons. The number of hydrogen-bond donors (Lipinski definition) is 2. The second kappa shape index (κ2) is 5.27. The molecule has 0 atom stereocenters. The van der Waals surface area contributed by atoms with Crippen LogP contribution in [0.3, 0.4) is 0 Å². The highest BCUT2D eigenvalue weighted by Gasteiger charge is 2.06. The molecule has 1 aromatic carbocycles. The first kappa shape index (κ1) is 11.3. The van der Waals surface area contributed by atoms with Crippen LogP contribution in [0, 0.1) is 0 Å². The van der Waals surface area contributed by atoms with Gasteiger partial charge in [0.25, 0.3) is 5.88 Å². The first-order valence-corrected chi connectivity index (χ1v) is 5.25. The molecule has 17 heavy (non-hydrogen) atoms. The van der Waals surface area contributed by atoms with Gasteiger partial charge in [-0.2, -0.15) is 0 Å². The summed E-state index contributed by atoms with van der Waals surface area (Å²) in [5.74, 6) is 0.683. The van der Waals surface area contributed by atoms with E-state index in [0.29, 0.717) is 12.3 Å². The highest BCUT2D eigenvalue weighted by atomic mass is 16.5. The van der Waals surface area contributed by atoms with Crippen LogP contribution in [0.4, 0.5) is 0 Å². The van der Waals surface area contributed by atoms with Gasteiger partial charge in [-0.1, -0.05) is 18.2 Å². The maximum absolute atomic E-state index is 11.4. The van der Waals surface area contributed by atoms with Crippen molar-refractivity contribution in [2.45, 2.75) is 6.54 Å². The van der Waals surface area contributed by atoms with Gasteiger partial charge in [-0.05, 0) is 13.1 Å². The normalized spacial score (nSPS) is 10.2. The molecule has 5 heteroatoms. The lowest BCUT2D eigenvalue weighted by atomic mass is 10.2. The van der Waals surface area contributed by atoms with Gasteiger partial charge in [0, 0.05) is 24.5 Å². The lowest BCUT2D eigenvalue weighted by Crippen LogP contribution is -2.11. The summed E-state index contributed by atoms with van der Waals surface area (Å²) >= 11 is 0. The number of nitrogens with one attached hydrogen (secondary N) is 2. The fraction of sp³-hybridized carbons (Fsp3) is 0.167. The molecule has 0 saturated heterocycles. The van der Waals surface area contributed by atoms with Crippen LogP contribution >= 0.6 is 0 Å². The summed E-state index contributed by atoms with van der Waals surface area (Å²) in [5.41, 5.74) is 0.631. The zero-order valence-corrected chi connectivity index (χ0v) is 9.43. The van der Waals surface area contributed by atoms with Crippen LogP contribution in [-0.4, -0.2) is 17.0 Å². The number of aromatic nitrogens is 2. The summed E-state index contributed by atoms with van der Waals surface area (Å²) in [7, 11) is 1.85. The monoisotopic (exact) mass is 231 g/mol. The van der Waals surface area contributed by atoms with Crippen molar-refractivity contribution in [3.05, 3.63) is 52.6 Å². The van der Waals surface area contributed by atoms with E-state index in [0.717, 1.165) is 5.56 Å². The van der Waals surface area contributed by atoms with Crippen LogP contribution in [0.1, 0.15) is 5.56 Å². The van der Waals surface area contributed by atoms with E-state index in [9.17, 15) is 4.79 Å². The van der Waals surface area contributed by atoms with E-state index in [2.05, 4.69) is 15.3 Å². The largest absolute Gasteiger partial charge is 0.434 e. The molecule has 2 rings (SSSR count). The molecule has 0 unspecified atom stereocenters. The van der Waals surface area contributed by atoms with Crippen LogP contribution in [0.2, 0.25) is 0 Å². The summed E-state index contributed by atoms with van der Waals surface area (Å²) in [6.45, 7) is 0.668. The zero-order chi connectivity index (χ0) is 12.1. The SMILES string of the molecule is CNCc1ccccc1Oc1ncc[nH]c1=O. The fourth-order valence-corrected chi connectivity index (χ4v) is 1.46. The Bertz CT molecular complexity index is 551. The Hall–Kier alpha value is -2.14. The fourth-order valence-electron chi connectivity index (χ4n) is 1.46. The molecule has 0 aliphatic rings. The Kier molecular flexibility index (Phi) is 3.52. The Morgan fingerprint density at radius 3 is 3.00 bits per heavy atom. The average molecular weight is 231 g/mol. The van der Waals surface area contributed by atoms with E-state index in [1.54, 1.807) is 6.07 Å². The Balaban J connectivity index is 2.30. The molecular weight excluding hydrogens is 218 g/mol. The molecule has 0 aliphatic carbocycles. The smallest absolute Gasteiger partial charge is 0.311 e. The van der Waals surface area contributed by atoms with Crippen molar-refractivity contribution in [3.63, 3.8) is 0 Å². The number of rotatable bonds is 4. The second-order valence-corrected chi connectivity index (χ2v) is 3.46. The van der Waals surface area contributed by atoms with Gasteiger partial charge in [0.1, 0.15) is 5.75 Å². The molecule has 0 spiro atoms. The molecule has 0 amide bonds. The predicted octanol–water partition coefficient (Wildman–Crippen LogP) is 1.28. The van der Waals surface area contributed by atoms with Crippen molar-refractivity contribution in [2.75, 3.05) is 7.05 Å². The topological polar surface area (TPSA) is 67.0 Å². The maximum Gasteiger partial charge on any atom is 0.311 e. The summed E-state index contributed by atoms with van der Waals surface area (Å²) in [6, 6.07) is 7.51. The lowest BCUT2D eigenvalue weighted by Gasteiger charge is -2.08. The van der Waals surface area contributed by atoms with Gasteiger partial charge in [0.2, 0.25) is 0 Å². The Morgan fingerprint density at radius 1 is 1.41 bits per heavy atom. The lowest BCUT2D eigenvalue weighted by molar-refractivity contribution is 0.447. The minimum absolute atomic E-state index is 0.0519. The average Bonchev–Trinajstić information content (AvgIpc) is 2.35. The van der Waals surface area contributed by atoms with Gasteiger partial charge in [-0.25, -0.2) is 4.98 Å². The van der Waals surface area contributed by atoms with E-state index in [1.165, 1.54) is 12.4 Å². The van der Waals surface area contributed by atoms with E-state index in [-0.39, 0.29) is 11.4 Å². The van der Waals surface area contributed by atoms with E-state index in [4.69, 9.17) is 4.74 Å². The zero-order valence-electron chi connectivity index (χ0n) is 9.43. The molecule has 1 heterocycles. The molecule has 0 aliphatic heterocycles. The summed E-state index contributed by atoms with van der Waals surface area (Å²) in [6.07, 6.45) is 2.95. The van der Waals surface area contributed by atoms with Crippen molar-refractivity contribution >= 4 is 0 Å². The number of hydrogen-bond acceptors (Lipinski definition) is 4. The van der Waals surface area contributed by atoms with Crippen LogP contribution in [0.5, 0.6) is 11.6 Å². The first-order valence-electron chi connectivity index (χ1n) is 5.25. The first-order chi connectivity index (χ1) is 8.31. The third kappa shape index (κ3) is 2.70. The van der Waals surface area contributed by atoms with Crippen molar-refractivity contribution in [3.8, 4) is 11.6 Å². The highest BCUT2D eigenvalue weighted by Crippen LogP contribution is 2.21. The van der Waals surface area contributed by atoms with Crippen LogP contribution in [0.25, 0.3) is 0 Å². The number of aromatic amines is 1. The summed E-state index contributed by atoms with van der Waals surface area (Å²) in [5, 5.41) is 3.04. The molecule has 0 fully saturated rings. The van der Waals surface area contributed by atoms with E-state index >= 15 is 0 Å². The van der Waals surface area contributed by atoms with Gasteiger partial charge in [0.05, 0.1) is 0 Å². The predicted molar refractivity (Wildman–Crippen MR) is 64.1 cm³/mol. The van der Waals surface area contributed by atoms with Crippen LogP contribution in [-0.2, 0) is 6.54 Å². The number of para-hydroxylation sites is 1. The number of nitrogens with zero attached hydrogens (tertiary/aromatic N) is 1. The van der Waals surface area contributed by atoms with Gasteiger partial charge in [-0.3, -0.25) is 4.79 Å². The summed E-state index contributed by atoms with van der Waals surface area (Å²) < 4.78 is 5.50. The number of benzene rings is 1. The third-order valence-corrected chi connectivity index (χ3v) is 2.22. The second-order valence-electron chi connectivity index (χ2n) is 3.46. The van der Waals surface area contributed by atoms with Crippen LogP contribution < -0.4 is 15.6 Å². The molecular formula is C12H13N3O2. The molecule has 0 bridgehead atoms. The Morgan fingerprint density at radius 2 is 2.24 bits per heavy atom. The molecule has 2 N–H and O–H groups in total. The van der Waals surface area contributed by atoms with Gasteiger partial charge >= 0.3 is 5.56 Å². The molecule has 0 saturated carbocycles. The van der Waals surface area contributed by atoms with E-state index < -0.39 is 0 Å². The molecule has 88 valence electrons. The third-order valence-electron chi connectivity index (χ3n) is 2.22. The molecule has 1 aromatic heterocycles. The quantitative estimate of drug-likeness (QED) is 0.831. The van der Waals surface area contributed by atoms with Gasteiger partial charge < -0.3 is 15.0 Å². The Labute approximate surface area is 98.5 Å². The minimum Gasteiger partial charge on any atom is -0.434 e. The van der Waals surface area contributed by atoms with Crippen molar-refractivity contribution in [1.82, 2.24) is 15.3 Å². The molecule has 2 aromatic rings. The maximum atomic E-state index is 11.4. The van der Waals surface area contributed by atoms with Crippen molar-refractivity contribution in [2.24, 2.45) is 0 Å². The summed E-state index contributed by atoms with van der Waals surface area (Å²) in [4.78, 5) is 17.8. The standard InChI is InChI=1S/C12H13N3O2/c1-13-8-9-4-2-3-5-10(9)17-12-11(16)14-6-7-15-12/h2-7,13H,8H2,1H3,(H,14,16). The number of ether oxygens (including phenoxy) is 1. The van der Waals surface area contributed by atoms with E-state index in [1.807, 2.05) is 25.2 Å². The van der Waals surface area contributed by atoms with Crippen molar-refractivity contribution < 1.29 is 4.74 Å². The number of H-pyrrole nitrogens is 1. The van der Waals surface area contributed by atoms with Crippen LogP contribution in [0.15, 0.2) is 41.5 Å². The van der Waals surface area contributed by atoms with Gasteiger partial charge in [-0.15, -0.1) is 0 Å². The molecule has 5 nitrogen and oxygen atoms in total. The van der Waals surface area contributed by atoms with Gasteiger partial charge in [0.15, 0.2) is 0 Å². The minimum atomic E-state index is -0.341. The van der Waals surface area contributed by atoms with Crippen molar-refractivity contribution in [1.29, 1.82) is 0 Å². The highest BCUT2D eigenvalue weighted by molar-refractivity contribution is 5.35.